The lowest BCUT2D eigenvalue weighted by Gasteiger charge is -2.11. The molecule has 1 aromatic heterocycles. The van der Waals surface area contributed by atoms with E-state index < -0.39 is 4.92 Å². The first-order valence-corrected chi connectivity index (χ1v) is 6.70. The second kappa shape index (κ2) is 7.12. The number of amides is 1. The van der Waals surface area contributed by atoms with Crippen molar-refractivity contribution in [3.63, 3.8) is 0 Å². The molecule has 0 saturated heterocycles. The number of carbonyl (C=O) groups excluding carboxylic acids is 1. The highest BCUT2D eigenvalue weighted by Gasteiger charge is 2.08. The van der Waals surface area contributed by atoms with Gasteiger partial charge >= 0.3 is 0 Å². The summed E-state index contributed by atoms with van der Waals surface area (Å²) in [6.07, 6.45) is 4.66. The van der Waals surface area contributed by atoms with Crippen LogP contribution in [0.1, 0.15) is 24.2 Å². The van der Waals surface area contributed by atoms with Crippen LogP contribution in [0.5, 0.6) is 0 Å². The van der Waals surface area contributed by atoms with Crippen LogP contribution in [-0.4, -0.2) is 15.8 Å². The lowest BCUT2D eigenvalue weighted by Crippen LogP contribution is -2.25. The van der Waals surface area contributed by atoms with Crippen LogP contribution < -0.4 is 5.32 Å². The Bertz CT molecular complexity index is 682. The maximum absolute atomic E-state index is 11.8. The maximum Gasteiger partial charge on any atom is 0.269 e. The fourth-order valence-corrected chi connectivity index (χ4v) is 1.85. The number of nitrogens with zero attached hydrogens (tertiary/aromatic N) is 2. The van der Waals surface area contributed by atoms with E-state index in [0.29, 0.717) is 5.56 Å². The number of nitro groups is 1. The molecule has 0 spiro atoms. The summed E-state index contributed by atoms with van der Waals surface area (Å²) in [5.41, 5.74) is 1.51. The number of nitrogens with one attached hydrogen (secondary N) is 1. The summed E-state index contributed by atoms with van der Waals surface area (Å²) in [4.78, 5) is 26.1. The predicted octanol–water partition coefficient (Wildman–Crippen LogP) is 2.88. The van der Waals surface area contributed by atoms with Crippen molar-refractivity contribution in [3.05, 3.63) is 76.1 Å². The van der Waals surface area contributed by atoms with Gasteiger partial charge in [0, 0.05) is 24.4 Å². The minimum Gasteiger partial charge on any atom is -0.344 e. The average Bonchev–Trinajstić information content (AvgIpc) is 2.54. The van der Waals surface area contributed by atoms with Gasteiger partial charge < -0.3 is 5.32 Å². The van der Waals surface area contributed by atoms with Gasteiger partial charge in [0.2, 0.25) is 5.91 Å². The largest absolute Gasteiger partial charge is 0.344 e. The fourth-order valence-electron chi connectivity index (χ4n) is 1.85. The minimum absolute atomic E-state index is 0.0189. The SMILES string of the molecule is CC(NC(=O)C=Cc1ccc([N+](=O)[O-])cc1)c1ccccn1. The summed E-state index contributed by atoms with van der Waals surface area (Å²) in [6.45, 7) is 1.85. The Morgan fingerprint density at radius 2 is 2.00 bits per heavy atom. The molecule has 2 rings (SSSR count). The van der Waals surface area contributed by atoms with Gasteiger partial charge in [-0.3, -0.25) is 19.9 Å². The summed E-state index contributed by atoms with van der Waals surface area (Å²) in [7, 11) is 0. The fraction of sp³-hybridized carbons (Fsp3) is 0.125. The van der Waals surface area contributed by atoms with Crippen molar-refractivity contribution in [3.8, 4) is 0 Å². The molecule has 1 N–H and O–H groups in total. The molecule has 0 aliphatic rings. The van der Waals surface area contributed by atoms with Gasteiger partial charge in [0.05, 0.1) is 16.7 Å². The van der Waals surface area contributed by atoms with E-state index in [1.54, 1.807) is 24.4 Å². The van der Waals surface area contributed by atoms with Crippen molar-refractivity contribution in [2.24, 2.45) is 0 Å². The zero-order valence-electron chi connectivity index (χ0n) is 12.0. The molecule has 1 aromatic carbocycles. The third-order valence-electron chi connectivity index (χ3n) is 3.02. The predicted molar refractivity (Wildman–Crippen MR) is 82.9 cm³/mol. The first kappa shape index (κ1) is 15.4. The average molecular weight is 297 g/mol. The highest BCUT2D eigenvalue weighted by atomic mass is 16.6. The first-order valence-electron chi connectivity index (χ1n) is 6.70. The van der Waals surface area contributed by atoms with Crippen LogP contribution in [0, 0.1) is 10.1 Å². The molecule has 0 radical (unpaired) electrons. The first-order chi connectivity index (χ1) is 10.6. The Kier molecular flexibility index (Phi) is 4.98. The van der Waals surface area contributed by atoms with E-state index >= 15 is 0 Å². The number of pyridine rings is 1. The van der Waals surface area contributed by atoms with Gasteiger partial charge in [-0.15, -0.1) is 0 Å². The molecule has 22 heavy (non-hydrogen) atoms. The van der Waals surface area contributed by atoms with Crippen molar-refractivity contribution >= 4 is 17.7 Å². The number of hydrogen-bond acceptors (Lipinski definition) is 4. The molecule has 0 fully saturated rings. The Balaban J connectivity index is 1.95. The molecule has 112 valence electrons. The molecule has 6 heteroatoms. The van der Waals surface area contributed by atoms with E-state index in [-0.39, 0.29) is 17.6 Å². The summed E-state index contributed by atoms with van der Waals surface area (Å²) < 4.78 is 0. The van der Waals surface area contributed by atoms with Crippen LogP contribution >= 0.6 is 0 Å². The van der Waals surface area contributed by atoms with Crippen LogP contribution in [-0.2, 0) is 4.79 Å². The third-order valence-corrected chi connectivity index (χ3v) is 3.02. The molecule has 1 amide bonds. The normalized spacial score (nSPS) is 12.0. The van der Waals surface area contributed by atoms with Crippen molar-refractivity contribution in [1.29, 1.82) is 0 Å². The van der Waals surface area contributed by atoms with Crippen molar-refractivity contribution in [2.75, 3.05) is 0 Å². The van der Waals surface area contributed by atoms with Gasteiger partial charge in [-0.05, 0) is 42.8 Å². The van der Waals surface area contributed by atoms with Gasteiger partial charge in [0.15, 0.2) is 0 Å². The smallest absolute Gasteiger partial charge is 0.269 e. The number of hydrogen-bond donors (Lipinski definition) is 1. The van der Waals surface area contributed by atoms with Crippen LogP contribution in [0.2, 0.25) is 0 Å². The molecule has 0 aliphatic heterocycles. The van der Waals surface area contributed by atoms with Crippen molar-refractivity contribution in [1.82, 2.24) is 10.3 Å². The van der Waals surface area contributed by atoms with E-state index in [2.05, 4.69) is 10.3 Å². The Morgan fingerprint density at radius 3 is 2.59 bits per heavy atom. The molecule has 1 heterocycles. The maximum atomic E-state index is 11.8. The van der Waals surface area contributed by atoms with Gasteiger partial charge in [0.1, 0.15) is 0 Å². The van der Waals surface area contributed by atoms with E-state index in [4.69, 9.17) is 0 Å². The molecule has 0 saturated carbocycles. The minimum atomic E-state index is -0.464. The van der Waals surface area contributed by atoms with Crippen molar-refractivity contribution in [2.45, 2.75) is 13.0 Å². The Morgan fingerprint density at radius 1 is 1.27 bits per heavy atom. The second-order valence-electron chi connectivity index (χ2n) is 4.67. The lowest BCUT2D eigenvalue weighted by atomic mass is 10.2. The lowest BCUT2D eigenvalue weighted by molar-refractivity contribution is -0.384. The van der Waals surface area contributed by atoms with Crippen LogP contribution in [0.15, 0.2) is 54.7 Å². The zero-order valence-corrected chi connectivity index (χ0v) is 12.0. The molecule has 1 atom stereocenters. The quantitative estimate of drug-likeness (QED) is 0.522. The standard InChI is InChI=1S/C16H15N3O3/c1-12(15-4-2-3-11-17-15)18-16(20)10-7-13-5-8-14(9-6-13)19(21)22/h2-12H,1H3,(H,18,20). The summed E-state index contributed by atoms with van der Waals surface area (Å²) in [5, 5.41) is 13.4. The van der Waals surface area contributed by atoms with Crippen LogP contribution in [0.25, 0.3) is 6.08 Å². The molecule has 0 aliphatic carbocycles. The molecule has 6 nitrogen and oxygen atoms in total. The highest BCUT2D eigenvalue weighted by molar-refractivity contribution is 5.91. The van der Waals surface area contributed by atoms with E-state index in [1.807, 2.05) is 25.1 Å². The van der Waals surface area contributed by atoms with Crippen LogP contribution in [0.4, 0.5) is 5.69 Å². The Hall–Kier alpha value is -3.02. The number of aromatic nitrogens is 1. The van der Waals surface area contributed by atoms with E-state index in [1.165, 1.54) is 18.2 Å². The third kappa shape index (κ3) is 4.24. The van der Waals surface area contributed by atoms with Crippen LogP contribution in [0.3, 0.4) is 0 Å². The van der Waals surface area contributed by atoms with Gasteiger partial charge in [-0.25, -0.2) is 0 Å². The van der Waals surface area contributed by atoms with Gasteiger partial charge in [-0.1, -0.05) is 6.07 Å². The molecule has 1 unspecified atom stereocenters. The molecular formula is C16H15N3O3. The number of non-ortho nitro benzene ring substituents is 1. The van der Waals surface area contributed by atoms with E-state index in [0.717, 1.165) is 5.69 Å². The number of carbonyl (C=O) groups is 1. The summed E-state index contributed by atoms with van der Waals surface area (Å²) in [5.74, 6) is -0.253. The molecule has 0 bridgehead atoms. The number of nitro benzene ring substituents is 1. The monoisotopic (exact) mass is 297 g/mol. The van der Waals surface area contributed by atoms with Gasteiger partial charge in [-0.2, -0.15) is 0 Å². The summed E-state index contributed by atoms with van der Waals surface area (Å²) >= 11 is 0. The van der Waals surface area contributed by atoms with Gasteiger partial charge in [0.25, 0.3) is 5.69 Å². The molecular weight excluding hydrogens is 282 g/mol. The number of rotatable bonds is 5. The van der Waals surface area contributed by atoms with E-state index in [9.17, 15) is 14.9 Å². The zero-order chi connectivity index (χ0) is 15.9. The molecule has 2 aromatic rings. The second-order valence-corrected chi connectivity index (χ2v) is 4.67. The van der Waals surface area contributed by atoms with Crippen molar-refractivity contribution < 1.29 is 9.72 Å². The Labute approximate surface area is 127 Å². The highest BCUT2D eigenvalue weighted by Crippen LogP contribution is 2.13. The summed E-state index contributed by atoms with van der Waals surface area (Å²) in [6, 6.07) is 11.3. The topological polar surface area (TPSA) is 85.1 Å². The number of benzene rings is 1.